The SMILES string of the molecule is O=C(Nc1cnc(-c2ccccc2)nc1)C1(c2ccc(Cl)cc2)CC1. The first kappa shape index (κ1) is 15.8. The fourth-order valence-electron chi connectivity index (χ4n) is 2.92. The third-order valence-electron chi connectivity index (χ3n) is 4.52. The van der Waals surface area contributed by atoms with E-state index in [9.17, 15) is 4.79 Å². The highest BCUT2D eigenvalue weighted by atomic mass is 35.5. The average Bonchev–Trinajstić information content (AvgIpc) is 3.46. The number of halogens is 1. The Morgan fingerprint density at radius 3 is 2.20 bits per heavy atom. The van der Waals surface area contributed by atoms with Crippen LogP contribution in [-0.2, 0) is 10.2 Å². The molecule has 25 heavy (non-hydrogen) atoms. The molecule has 1 saturated carbocycles. The van der Waals surface area contributed by atoms with E-state index in [1.54, 1.807) is 12.4 Å². The van der Waals surface area contributed by atoms with Gasteiger partial charge in [0.15, 0.2) is 5.82 Å². The molecule has 124 valence electrons. The van der Waals surface area contributed by atoms with Crippen LogP contribution in [0.4, 0.5) is 5.69 Å². The summed E-state index contributed by atoms with van der Waals surface area (Å²) in [6, 6.07) is 17.2. The molecule has 0 atom stereocenters. The van der Waals surface area contributed by atoms with Crippen LogP contribution in [0.5, 0.6) is 0 Å². The Morgan fingerprint density at radius 2 is 1.60 bits per heavy atom. The lowest BCUT2D eigenvalue weighted by molar-refractivity contribution is -0.118. The number of nitrogens with zero attached hydrogens (tertiary/aromatic N) is 2. The van der Waals surface area contributed by atoms with E-state index in [-0.39, 0.29) is 5.91 Å². The largest absolute Gasteiger partial charge is 0.323 e. The summed E-state index contributed by atoms with van der Waals surface area (Å²) in [6.45, 7) is 0. The van der Waals surface area contributed by atoms with Gasteiger partial charge in [-0.3, -0.25) is 4.79 Å². The minimum atomic E-state index is -0.456. The van der Waals surface area contributed by atoms with Crippen molar-refractivity contribution in [1.82, 2.24) is 9.97 Å². The second-order valence-electron chi connectivity index (χ2n) is 6.20. The zero-order chi connectivity index (χ0) is 17.3. The monoisotopic (exact) mass is 349 g/mol. The number of nitrogens with one attached hydrogen (secondary N) is 1. The van der Waals surface area contributed by atoms with Gasteiger partial charge in [0.2, 0.25) is 5.91 Å². The third kappa shape index (κ3) is 3.13. The smallest absolute Gasteiger partial charge is 0.235 e. The molecule has 1 heterocycles. The molecule has 1 amide bonds. The molecule has 4 nitrogen and oxygen atoms in total. The second-order valence-corrected chi connectivity index (χ2v) is 6.64. The van der Waals surface area contributed by atoms with Crippen LogP contribution in [0.1, 0.15) is 18.4 Å². The van der Waals surface area contributed by atoms with Crippen molar-refractivity contribution >= 4 is 23.2 Å². The van der Waals surface area contributed by atoms with Gasteiger partial charge in [-0.05, 0) is 30.5 Å². The maximum Gasteiger partial charge on any atom is 0.235 e. The Hall–Kier alpha value is -2.72. The van der Waals surface area contributed by atoms with Crippen molar-refractivity contribution in [1.29, 1.82) is 0 Å². The highest BCUT2D eigenvalue weighted by Crippen LogP contribution is 2.49. The Bertz CT molecular complexity index is 888. The molecule has 1 aliphatic carbocycles. The number of aromatic nitrogens is 2. The summed E-state index contributed by atoms with van der Waals surface area (Å²) in [4.78, 5) is 21.4. The summed E-state index contributed by atoms with van der Waals surface area (Å²) in [5, 5.41) is 3.61. The van der Waals surface area contributed by atoms with Gasteiger partial charge in [0, 0.05) is 10.6 Å². The Labute approximate surface area is 150 Å². The number of rotatable bonds is 4. The van der Waals surface area contributed by atoms with E-state index in [1.807, 2.05) is 54.6 Å². The van der Waals surface area contributed by atoms with Gasteiger partial charge in [0.25, 0.3) is 0 Å². The predicted octanol–water partition coefficient (Wildman–Crippen LogP) is 4.47. The molecule has 2 aromatic carbocycles. The highest BCUT2D eigenvalue weighted by Gasteiger charge is 2.51. The first-order chi connectivity index (χ1) is 12.2. The summed E-state index contributed by atoms with van der Waals surface area (Å²) in [5.74, 6) is 0.614. The topological polar surface area (TPSA) is 54.9 Å². The molecule has 1 aromatic heterocycles. The van der Waals surface area contributed by atoms with Gasteiger partial charge < -0.3 is 5.32 Å². The zero-order valence-corrected chi connectivity index (χ0v) is 14.2. The summed E-state index contributed by atoms with van der Waals surface area (Å²) >= 11 is 5.94. The molecule has 0 bridgehead atoms. The minimum Gasteiger partial charge on any atom is -0.323 e. The summed E-state index contributed by atoms with van der Waals surface area (Å²) < 4.78 is 0. The number of carbonyl (C=O) groups is 1. The van der Waals surface area contributed by atoms with Gasteiger partial charge in [0.1, 0.15) is 0 Å². The van der Waals surface area contributed by atoms with Crippen LogP contribution in [0.15, 0.2) is 67.0 Å². The molecular weight excluding hydrogens is 334 g/mol. The van der Waals surface area contributed by atoms with Crippen LogP contribution in [0.2, 0.25) is 5.02 Å². The molecule has 0 unspecified atom stereocenters. The quantitative estimate of drug-likeness (QED) is 0.756. The summed E-state index contributed by atoms with van der Waals surface area (Å²) in [7, 11) is 0. The van der Waals surface area contributed by atoms with Crippen molar-refractivity contribution in [3.05, 3.63) is 77.6 Å². The fraction of sp³-hybridized carbons (Fsp3) is 0.150. The lowest BCUT2D eigenvalue weighted by Gasteiger charge is -2.15. The van der Waals surface area contributed by atoms with Crippen LogP contribution in [0.25, 0.3) is 11.4 Å². The van der Waals surface area contributed by atoms with Gasteiger partial charge in [0.05, 0.1) is 23.5 Å². The Morgan fingerprint density at radius 1 is 0.960 bits per heavy atom. The normalized spacial score (nSPS) is 14.8. The first-order valence-corrected chi connectivity index (χ1v) is 8.50. The predicted molar refractivity (Wildman–Crippen MR) is 98.5 cm³/mol. The molecule has 1 aliphatic rings. The third-order valence-corrected chi connectivity index (χ3v) is 4.78. The Balaban J connectivity index is 1.50. The summed E-state index contributed by atoms with van der Waals surface area (Å²) in [6.07, 6.45) is 4.96. The molecule has 0 aliphatic heterocycles. The molecule has 5 heteroatoms. The lowest BCUT2D eigenvalue weighted by atomic mass is 9.95. The molecule has 3 aromatic rings. The molecule has 0 radical (unpaired) electrons. The van der Waals surface area contributed by atoms with Crippen LogP contribution in [0, 0.1) is 0 Å². The van der Waals surface area contributed by atoms with E-state index in [0.29, 0.717) is 16.5 Å². The number of benzene rings is 2. The maximum atomic E-state index is 12.7. The molecule has 4 rings (SSSR count). The molecular formula is C20H16ClN3O. The van der Waals surface area contributed by atoms with Gasteiger partial charge in [-0.1, -0.05) is 54.1 Å². The molecule has 0 saturated heterocycles. The van der Waals surface area contributed by atoms with E-state index in [2.05, 4.69) is 15.3 Å². The maximum absolute atomic E-state index is 12.7. The number of hydrogen-bond acceptors (Lipinski definition) is 3. The number of amides is 1. The van der Waals surface area contributed by atoms with Crippen molar-refractivity contribution in [2.45, 2.75) is 18.3 Å². The van der Waals surface area contributed by atoms with Crippen molar-refractivity contribution in [2.75, 3.05) is 5.32 Å². The average molecular weight is 350 g/mol. The second kappa shape index (κ2) is 6.30. The molecule has 1 N–H and O–H groups in total. The van der Waals surface area contributed by atoms with E-state index in [1.165, 1.54) is 0 Å². The van der Waals surface area contributed by atoms with Crippen LogP contribution < -0.4 is 5.32 Å². The van der Waals surface area contributed by atoms with Gasteiger partial charge >= 0.3 is 0 Å². The van der Waals surface area contributed by atoms with E-state index in [4.69, 9.17) is 11.6 Å². The minimum absolute atomic E-state index is 0.0223. The highest BCUT2D eigenvalue weighted by molar-refractivity contribution is 6.30. The lowest BCUT2D eigenvalue weighted by Crippen LogP contribution is -2.27. The van der Waals surface area contributed by atoms with Crippen molar-refractivity contribution in [3.8, 4) is 11.4 Å². The fourth-order valence-corrected chi connectivity index (χ4v) is 3.05. The number of carbonyl (C=O) groups excluding carboxylic acids is 1. The van der Waals surface area contributed by atoms with E-state index < -0.39 is 5.41 Å². The van der Waals surface area contributed by atoms with Gasteiger partial charge in [-0.25, -0.2) is 9.97 Å². The first-order valence-electron chi connectivity index (χ1n) is 8.12. The van der Waals surface area contributed by atoms with E-state index in [0.717, 1.165) is 24.0 Å². The molecule has 1 fully saturated rings. The van der Waals surface area contributed by atoms with Crippen molar-refractivity contribution in [2.24, 2.45) is 0 Å². The van der Waals surface area contributed by atoms with Gasteiger partial charge in [-0.15, -0.1) is 0 Å². The standard InChI is InChI=1S/C20H16ClN3O/c21-16-8-6-15(7-9-16)20(10-11-20)19(25)24-17-12-22-18(23-13-17)14-4-2-1-3-5-14/h1-9,12-13H,10-11H2,(H,24,25). The van der Waals surface area contributed by atoms with Crippen LogP contribution in [0.3, 0.4) is 0 Å². The van der Waals surface area contributed by atoms with Crippen LogP contribution >= 0.6 is 11.6 Å². The molecule has 0 spiro atoms. The zero-order valence-electron chi connectivity index (χ0n) is 13.4. The van der Waals surface area contributed by atoms with Crippen molar-refractivity contribution in [3.63, 3.8) is 0 Å². The van der Waals surface area contributed by atoms with E-state index >= 15 is 0 Å². The Kier molecular flexibility index (Phi) is 3.98. The van der Waals surface area contributed by atoms with Crippen LogP contribution in [-0.4, -0.2) is 15.9 Å². The number of hydrogen-bond donors (Lipinski definition) is 1. The number of anilines is 1. The van der Waals surface area contributed by atoms with Gasteiger partial charge in [-0.2, -0.15) is 0 Å². The summed E-state index contributed by atoms with van der Waals surface area (Å²) in [5.41, 5.74) is 2.09. The van der Waals surface area contributed by atoms with Crippen molar-refractivity contribution < 1.29 is 4.79 Å².